The van der Waals surface area contributed by atoms with Gasteiger partial charge in [-0.3, -0.25) is 0 Å². The van der Waals surface area contributed by atoms with Gasteiger partial charge in [0.2, 0.25) is 0 Å². The first-order chi connectivity index (χ1) is 10.6. The summed E-state index contributed by atoms with van der Waals surface area (Å²) in [7, 11) is 2.96. The first kappa shape index (κ1) is 15.4. The Hall–Kier alpha value is -3.02. The van der Waals surface area contributed by atoms with Crippen LogP contribution in [0.2, 0.25) is 0 Å². The van der Waals surface area contributed by atoms with Gasteiger partial charge in [0.1, 0.15) is 0 Å². The summed E-state index contributed by atoms with van der Waals surface area (Å²) in [5.74, 6) is 0.881. The molecule has 0 aliphatic rings. The number of nitrogens with zero attached hydrogens (tertiary/aromatic N) is 2. The molecule has 0 saturated heterocycles. The molecule has 22 heavy (non-hydrogen) atoms. The van der Waals surface area contributed by atoms with E-state index < -0.39 is 0 Å². The van der Waals surface area contributed by atoms with E-state index in [2.05, 4.69) is 10.2 Å². The van der Waals surface area contributed by atoms with Crippen LogP contribution in [0.3, 0.4) is 0 Å². The van der Waals surface area contributed by atoms with Crippen molar-refractivity contribution in [3.8, 4) is 23.0 Å². The summed E-state index contributed by atoms with van der Waals surface area (Å²) < 4.78 is 10.0. The molecular formula is C16H16N2O4. The molecule has 6 nitrogen and oxygen atoms in total. The Morgan fingerprint density at radius 3 is 1.55 bits per heavy atom. The highest BCUT2D eigenvalue weighted by Crippen LogP contribution is 2.26. The van der Waals surface area contributed by atoms with Crippen molar-refractivity contribution in [2.75, 3.05) is 14.2 Å². The van der Waals surface area contributed by atoms with Gasteiger partial charge in [-0.25, -0.2) is 0 Å². The van der Waals surface area contributed by atoms with E-state index in [4.69, 9.17) is 9.47 Å². The molecule has 0 spiro atoms. The predicted octanol–water partition coefficient (Wildman–Crippen LogP) is 2.57. The lowest BCUT2D eigenvalue weighted by atomic mass is 10.2. The number of rotatable bonds is 5. The smallest absolute Gasteiger partial charge is 0.161 e. The molecule has 0 saturated carbocycles. The van der Waals surface area contributed by atoms with E-state index in [1.54, 1.807) is 24.3 Å². The van der Waals surface area contributed by atoms with Gasteiger partial charge in [0.15, 0.2) is 23.0 Å². The van der Waals surface area contributed by atoms with Crippen LogP contribution in [-0.4, -0.2) is 36.9 Å². The summed E-state index contributed by atoms with van der Waals surface area (Å²) in [6, 6.07) is 9.74. The number of ether oxygens (including phenoxy) is 2. The van der Waals surface area contributed by atoms with Gasteiger partial charge in [0.05, 0.1) is 26.6 Å². The molecule has 0 radical (unpaired) electrons. The van der Waals surface area contributed by atoms with Crippen molar-refractivity contribution in [2.24, 2.45) is 10.2 Å². The van der Waals surface area contributed by atoms with Gasteiger partial charge in [-0.15, -0.1) is 0 Å². The summed E-state index contributed by atoms with van der Waals surface area (Å²) in [5.41, 5.74) is 1.49. The van der Waals surface area contributed by atoms with Crippen LogP contribution in [0.15, 0.2) is 46.6 Å². The minimum Gasteiger partial charge on any atom is -0.504 e. The molecule has 0 aliphatic carbocycles. The van der Waals surface area contributed by atoms with E-state index >= 15 is 0 Å². The van der Waals surface area contributed by atoms with E-state index in [1.807, 2.05) is 0 Å². The highest BCUT2D eigenvalue weighted by molar-refractivity contribution is 5.83. The first-order valence-electron chi connectivity index (χ1n) is 6.44. The quantitative estimate of drug-likeness (QED) is 0.656. The molecule has 2 rings (SSSR count). The van der Waals surface area contributed by atoms with Crippen molar-refractivity contribution in [3.05, 3.63) is 47.5 Å². The normalized spacial score (nSPS) is 11.2. The molecule has 0 heterocycles. The zero-order valence-electron chi connectivity index (χ0n) is 12.2. The molecule has 6 heteroatoms. The minimum atomic E-state index is 0.0688. The van der Waals surface area contributed by atoms with E-state index in [9.17, 15) is 10.2 Å². The zero-order chi connectivity index (χ0) is 15.9. The standard InChI is InChI=1S/C16H16N2O4/c1-21-15-7-11(3-5-13(15)19)9-17-18-10-12-4-6-14(20)16(8-12)22-2/h3-10,19-20H,1-2H3/b17-9+,18-10?. The van der Waals surface area contributed by atoms with Crippen molar-refractivity contribution < 1.29 is 19.7 Å². The molecule has 114 valence electrons. The third-order valence-corrected chi connectivity index (χ3v) is 2.89. The third kappa shape index (κ3) is 3.76. The molecule has 2 aromatic carbocycles. The molecule has 2 N–H and O–H groups in total. The first-order valence-corrected chi connectivity index (χ1v) is 6.44. The number of phenolic OH excluding ortho intramolecular Hbond substituents is 2. The van der Waals surface area contributed by atoms with Crippen molar-refractivity contribution in [2.45, 2.75) is 0 Å². The minimum absolute atomic E-state index is 0.0688. The highest BCUT2D eigenvalue weighted by atomic mass is 16.5. The van der Waals surface area contributed by atoms with E-state index in [-0.39, 0.29) is 11.5 Å². The van der Waals surface area contributed by atoms with Gasteiger partial charge in [-0.05, 0) is 47.5 Å². The number of aromatic hydroxyl groups is 2. The third-order valence-electron chi connectivity index (χ3n) is 2.89. The molecule has 0 aromatic heterocycles. The lowest BCUT2D eigenvalue weighted by Gasteiger charge is -2.03. The molecule has 0 aliphatic heterocycles. The van der Waals surface area contributed by atoms with Gasteiger partial charge in [0, 0.05) is 0 Å². The van der Waals surface area contributed by atoms with E-state index in [0.29, 0.717) is 11.5 Å². The van der Waals surface area contributed by atoms with Gasteiger partial charge >= 0.3 is 0 Å². The van der Waals surface area contributed by atoms with Crippen LogP contribution >= 0.6 is 0 Å². The average molecular weight is 300 g/mol. The second kappa shape index (κ2) is 7.12. The Balaban J connectivity index is 2.08. The van der Waals surface area contributed by atoms with Crippen molar-refractivity contribution in [1.29, 1.82) is 0 Å². The fourth-order valence-electron chi connectivity index (χ4n) is 1.75. The number of phenols is 2. The summed E-state index contributed by atoms with van der Waals surface area (Å²) in [4.78, 5) is 0. The Bertz CT molecular complexity index is 650. The molecule has 2 aromatic rings. The van der Waals surface area contributed by atoms with Gasteiger partial charge in [-0.1, -0.05) is 0 Å². The highest BCUT2D eigenvalue weighted by Gasteiger charge is 2.01. The topological polar surface area (TPSA) is 83.6 Å². The second-order valence-corrected chi connectivity index (χ2v) is 4.35. The summed E-state index contributed by atoms with van der Waals surface area (Å²) in [6.45, 7) is 0. The maximum Gasteiger partial charge on any atom is 0.161 e. The molecule has 0 amide bonds. The van der Waals surface area contributed by atoms with Gasteiger partial charge in [-0.2, -0.15) is 10.2 Å². The molecule has 0 fully saturated rings. The van der Waals surface area contributed by atoms with Crippen LogP contribution in [0.4, 0.5) is 0 Å². The van der Waals surface area contributed by atoms with Crippen LogP contribution in [0.1, 0.15) is 11.1 Å². The predicted molar refractivity (Wildman–Crippen MR) is 84.5 cm³/mol. The lowest BCUT2D eigenvalue weighted by molar-refractivity contribution is 0.373. The van der Waals surface area contributed by atoms with E-state index in [0.717, 1.165) is 11.1 Å². The molecule has 0 bridgehead atoms. The SMILES string of the molecule is COc1cc(C=N/N=C/c2ccc(O)c(OC)c2)ccc1O. The molecule has 0 atom stereocenters. The second-order valence-electron chi connectivity index (χ2n) is 4.35. The van der Waals surface area contributed by atoms with Gasteiger partial charge < -0.3 is 19.7 Å². The van der Waals surface area contributed by atoms with Crippen molar-refractivity contribution in [1.82, 2.24) is 0 Å². The fraction of sp³-hybridized carbons (Fsp3) is 0.125. The van der Waals surface area contributed by atoms with Crippen LogP contribution in [-0.2, 0) is 0 Å². The number of methoxy groups -OCH3 is 2. The zero-order valence-corrected chi connectivity index (χ0v) is 12.2. The Morgan fingerprint density at radius 2 is 1.18 bits per heavy atom. The van der Waals surface area contributed by atoms with Gasteiger partial charge in [0.25, 0.3) is 0 Å². The van der Waals surface area contributed by atoms with Crippen LogP contribution in [0.25, 0.3) is 0 Å². The van der Waals surface area contributed by atoms with Crippen molar-refractivity contribution in [3.63, 3.8) is 0 Å². The van der Waals surface area contributed by atoms with E-state index in [1.165, 1.54) is 38.8 Å². The Labute approximate surface area is 128 Å². The van der Waals surface area contributed by atoms with Crippen molar-refractivity contribution >= 4 is 12.4 Å². The monoisotopic (exact) mass is 300 g/mol. The Kier molecular flexibility index (Phi) is 4.98. The maximum atomic E-state index is 9.50. The molecule has 0 unspecified atom stereocenters. The largest absolute Gasteiger partial charge is 0.504 e. The molecular weight excluding hydrogens is 284 g/mol. The number of hydrogen-bond acceptors (Lipinski definition) is 6. The lowest BCUT2D eigenvalue weighted by Crippen LogP contribution is -1.88. The summed E-state index contributed by atoms with van der Waals surface area (Å²) >= 11 is 0. The van der Waals surface area contributed by atoms with Crippen LogP contribution < -0.4 is 9.47 Å². The van der Waals surface area contributed by atoms with Crippen LogP contribution in [0.5, 0.6) is 23.0 Å². The number of benzene rings is 2. The average Bonchev–Trinajstić information content (AvgIpc) is 2.54. The Morgan fingerprint density at radius 1 is 0.773 bits per heavy atom. The number of hydrogen-bond donors (Lipinski definition) is 2. The van der Waals surface area contributed by atoms with Crippen LogP contribution in [0, 0.1) is 0 Å². The summed E-state index contributed by atoms with van der Waals surface area (Å²) in [6.07, 6.45) is 3.08. The fourth-order valence-corrected chi connectivity index (χ4v) is 1.75. The summed E-state index contributed by atoms with van der Waals surface area (Å²) in [5, 5.41) is 26.8. The maximum absolute atomic E-state index is 9.50.